The van der Waals surface area contributed by atoms with Gasteiger partial charge in [-0.2, -0.15) is 0 Å². The van der Waals surface area contributed by atoms with Crippen LogP contribution in [-0.4, -0.2) is 21.6 Å². The number of carbonyl (C=O) groups excluding carboxylic acids is 1. The smallest absolute Gasteiger partial charge is 0.224 e. The molecule has 0 radical (unpaired) electrons. The molecular formula is C15H24N2O2S. The summed E-state index contributed by atoms with van der Waals surface area (Å²) < 4.78 is 11.8. The first-order valence-electron chi connectivity index (χ1n) is 7.01. The van der Waals surface area contributed by atoms with E-state index in [1.54, 1.807) is 24.3 Å². The maximum atomic E-state index is 11.8. The Morgan fingerprint density at radius 3 is 2.85 bits per heavy atom. The molecule has 0 saturated carbocycles. The number of rotatable bonds is 8. The van der Waals surface area contributed by atoms with Crippen molar-refractivity contribution in [2.75, 3.05) is 22.6 Å². The highest BCUT2D eigenvalue weighted by atomic mass is 32.2. The molecule has 3 N–H and O–H groups in total. The molecular weight excluding hydrogens is 272 g/mol. The van der Waals surface area contributed by atoms with E-state index in [1.807, 2.05) is 0 Å². The van der Waals surface area contributed by atoms with Gasteiger partial charge in [-0.05, 0) is 30.5 Å². The molecule has 4 nitrogen and oxygen atoms in total. The molecule has 0 aliphatic heterocycles. The molecule has 0 aliphatic rings. The van der Waals surface area contributed by atoms with Crippen molar-refractivity contribution in [1.82, 2.24) is 0 Å². The Morgan fingerprint density at radius 1 is 1.45 bits per heavy atom. The van der Waals surface area contributed by atoms with Crippen LogP contribution in [0.1, 0.15) is 33.1 Å². The summed E-state index contributed by atoms with van der Waals surface area (Å²) in [4.78, 5) is 11.7. The minimum Gasteiger partial charge on any atom is -0.399 e. The number of anilines is 2. The predicted octanol–water partition coefficient (Wildman–Crippen LogP) is 2.78. The first-order valence-corrected chi connectivity index (χ1v) is 8.50. The Balaban J connectivity index is 2.25. The zero-order valence-corrected chi connectivity index (χ0v) is 13.0. The third kappa shape index (κ3) is 6.70. The summed E-state index contributed by atoms with van der Waals surface area (Å²) >= 11 is 0. The second-order valence-electron chi connectivity index (χ2n) is 5.10. The first kappa shape index (κ1) is 16.7. The van der Waals surface area contributed by atoms with Crippen LogP contribution in [-0.2, 0) is 15.6 Å². The van der Waals surface area contributed by atoms with E-state index in [-0.39, 0.29) is 5.91 Å². The normalized spacial score (nSPS) is 13.7. The highest BCUT2D eigenvalue weighted by Gasteiger charge is 2.08. The fourth-order valence-corrected chi connectivity index (χ4v) is 3.26. The Morgan fingerprint density at radius 2 is 2.20 bits per heavy atom. The number of nitrogen functional groups attached to an aromatic ring is 1. The van der Waals surface area contributed by atoms with Gasteiger partial charge in [0.2, 0.25) is 5.91 Å². The molecule has 0 bridgehead atoms. The molecule has 2 unspecified atom stereocenters. The molecule has 112 valence electrons. The predicted molar refractivity (Wildman–Crippen MR) is 86.0 cm³/mol. The molecule has 1 aromatic rings. The number of hydrogen-bond donors (Lipinski definition) is 2. The Bertz CT molecular complexity index is 463. The first-order chi connectivity index (χ1) is 9.51. The summed E-state index contributed by atoms with van der Waals surface area (Å²) in [6, 6.07) is 7.09. The molecule has 5 heteroatoms. The monoisotopic (exact) mass is 296 g/mol. The minimum absolute atomic E-state index is 0.0591. The van der Waals surface area contributed by atoms with Crippen LogP contribution < -0.4 is 11.1 Å². The lowest BCUT2D eigenvalue weighted by atomic mass is 10.2. The van der Waals surface area contributed by atoms with Gasteiger partial charge in [0.25, 0.3) is 0 Å². The molecule has 20 heavy (non-hydrogen) atoms. The van der Waals surface area contributed by atoms with Crippen LogP contribution in [0, 0.1) is 5.92 Å². The van der Waals surface area contributed by atoms with Crippen molar-refractivity contribution < 1.29 is 9.00 Å². The van der Waals surface area contributed by atoms with Crippen LogP contribution in [0.25, 0.3) is 0 Å². The number of benzene rings is 1. The maximum absolute atomic E-state index is 11.8. The highest BCUT2D eigenvalue weighted by Crippen LogP contribution is 2.12. The zero-order chi connectivity index (χ0) is 15.0. The van der Waals surface area contributed by atoms with Crippen LogP contribution in [0.2, 0.25) is 0 Å². The van der Waals surface area contributed by atoms with Gasteiger partial charge in [-0.1, -0.05) is 26.3 Å². The van der Waals surface area contributed by atoms with Crippen molar-refractivity contribution in [2.24, 2.45) is 5.92 Å². The molecule has 0 saturated heterocycles. The van der Waals surface area contributed by atoms with Gasteiger partial charge in [-0.3, -0.25) is 9.00 Å². The van der Waals surface area contributed by atoms with Crippen LogP contribution in [0.4, 0.5) is 11.4 Å². The van der Waals surface area contributed by atoms with Gasteiger partial charge in [-0.15, -0.1) is 0 Å². The second-order valence-corrected chi connectivity index (χ2v) is 6.72. The van der Waals surface area contributed by atoms with Gasteiger partial charge < -0.3 is 11.1 Å². The van der Waals surface area contributed by atoms with E-state index >= 15 is 0 Å². The summed E-state index contributed by atoms with van der Waals surface area (Å²) in [6.07, 6.45) is 2.08. The molecule has 0 spiro atoms. The van der Waals surface area contributed by atoms with Crippen LogP contribution in [0.3, 0.4) is 0 Å². The largest absolute Gasteiger partial charge is 0.399 e. The van der Waals surface area contributed by atoms with Gasteiger partial charge in [0, 0.05) is 40.1 Å². The van der Waals surface area contributed by atoms with Crippen molar-refractivity contribution in [3.05, 3.63) is 24.3 Å². The summed E-state index contributed by atoms with van der Waals surface area (Å²) in [5, 5.41) is 2.79. The molecule has 2 atom stereocenters. The van der Waals surface area contributed by atoms with Gasteiger partial charge in [0.1, 0.15) is 0 Å². The molecule has 0 heterocycles. The highest BCUT2D eigenvalue weighted by molar-refractivity contribution is 7.84. The Labute approximate surface area is 123 Å². The van der Waals surface area contributed by atoms with Crippen LogP contribution in [0.15, 0.2) is 24.3 Å². The van der Waals surface area contributed by atoms with E-state index in [0.29, 0.717) is 35.9 Å². The number of amides is 1. The van der Waals surface area contributed by atoms with Gasteiger partial charge in [-0.25, -0.2) is 0 Å². The fraction of sp³-hybridized carbons (Fsp3) is 0.533. The summed E-state index contributed by atoms with van der Waals surface area (Å²) in [6.45, 7) is 4.20. The lowest BCUT2D eigenvalue weighted by molar-refractivity contribution is -0.116. The summed E-state index contributed by atoms with van der Waals surface area (Å²) in [5.41, 5.74) is 6.97. The molecule has 1 amide bonds. The Kier molecular flexibility index (Phi) is 7.30. The van der Waals surface area contributed by atoms with E-state index < -0.39 is 10.8 Å². The van der Waals surface area contributed by atoms with E-state index in [4.69, 9.17) is 5.73 Å². The van der Waals surface area contributed by atoms with E-state index in [1.165, 1.54) is 0 Å². The summed E-state index contributed by atoms with van der Waals surface area (Å²) in [5.74, 6) is 1.75. The number of carbonyl (C=O) groups is 1. The van der Waals surface area contributed by atoms with Crippen molar-refractivity contribution in [3.63, 3.8) is 0 Å². The summed E-state index contributed by atoms with van der Waals surface area (Å²) in [7, 11) is -0.817. The topological polar surface area (TPSA) is 72.2 Å². The molecule has 0 aliphatic carbocycles. The average molecular weight is 296 g/mol. The lowest BCUT2D eigenvalue weighted by Crippen LogP contribution is -2.14. The minimum atomic E-state index is -0.817. The molecule has 0 fully saturated rings. The SMILES string of the molecule is CCC(C)CS(=O)CCCC(=O)Nc1cccc(N)c1. The van der Waals surface area contributed by atoms with E-state index in [0.717, 1.165) is 12.2 Å². The third-order valence-corrected chi connectivity index (χ3v) is 4.80. The standard InChI is InChI=1S/C15H24N2O2S/c1-3-12(2)11-20(19)9-5-8-15(18)17-14-7-4-6-13(16)10-14/h4,6-7,10,12H,3,5,8-9,11,16H2,1-2H3,(H,17,18). The van der Waals surface area contributed by atoms with Crippen molar-refractivity contribution in [3.8, 4) is 0 Å². The number of nitrogens with two attached hydrogens (primary N) is 1. The van der Waals surface area contributed by atoms with Crippen molar-refractivity contribution >= 4 is 28.1 Å². The number of hydrogen-bond acceptors (Lipinski definition) is 3. The second kappa shape index (κ2) is 8.74. The lowest BCUT2D eigenvalue weighted by Gasteiger charge is -2.08. The quantitative estimate of drug-likeness (QED) is 0.725. The number of nitrogens with one attached hydrogen (secondary N) is 1. The van der Waals surface area contributed by atoms with E-state index in [2.05, 4.69) is 19.2 Å². The van der Waals surface area contributed by atoms with Gasteiger partial charge >= 0.3 is 0 Å². The van der Waals surface area contributed by atoms with Crippen LogP contribution >= 0.6 is 0 Å². The maximum Gasteiger partial charge on any atom is 0.224 e. The van der Waals surface area contributed by atoms with Crippen molar-refractivity contribution in [1.29, 1.82) is 0 Å². The average Bonchev–Trinajstić information content (AvgIpc) is 2.38. The van der Waals surface area contributed by atoms with Crippen molar-refractivity contribution in [2.45, 2.75) is 33.1 Å². The van der Waals surface area contributed by atoms with E-state index in [9.17, 15) is 9.00 Å². The Hall–Kier alpha value is -1.36. The molecule has 1 rings (SSSR count). The molecule has 0 aromatic heterocycles. The third-order valence-electron chi connectivity index (χ3n) is 3.11. The zero-order valence-electron chi connectivity index (χ0n) is 12.2. The molecule has 1 aromatic carbocycles. The van der Waals surface area contributed by atoms with Crippen LogP contribution in [0.5, 0.6) is 0 Å². The van der Waals surface area contributed by atoms with Gasteiger partial charge in [0.05, 0.1) is 0 Å². The van der Waals surface area contributed by atoms with Gasteiger partial charge in [0.15, 0.2) is 0 Å². The fourth-order valence-electron chi connectivity index (χ4n) is 1.75.